The minimum atomic E-state index is -4.34. The molecule has 1 aromatic heterocycles. The minimum absolute atomic E-state index is 0. The molecule has 0 amide bonds. The van der Waals surface area contributed by atoms with E-state index in [1.165, 1.54) is 23.7 Å². The van der Waals surface area contributed by atoms with Crippen molar-refractivity contribution < 1.29 is 17.9 Å². The highest BCUT2D eigenvalue weighted by molar-refractivity contribution is 14.0. The van der Waals surface area contributed by atoms with Crippen LogP contribution in [-0.2, 0) is 13.0 Å². The Bertz CT molecular complexity index is 838. The van der Waals surface area contributed by atoms with Crippen molar-refractivity contribution >= 4 is 46.6 Å². The van der Waals surface area contributed by atoms with Crippen LogP contribution in [0.2, 0.25) is 0 Å². The zero-order valence-corrected chi connectivity index (χ0v) is 20.5. The van der Waals surface area contributed by atoms with Gasteiger partial charge in [0.05, 0.1) is 0 Å². The number of guanidine groups is 1. The van der Waals surface area contributed by atoms with E-state index in [0.29, 0.717) is 6.54 Å². The highest BCUT2D eigenvalue weighted by Gasteiger charge is 2.28. The highest BCUT2D eigenvalue weighted by atomic mass is 127. The Morgan fingerprint density at radius 1 is 1.19 bits per heavy atom. The normalized spacial score (nSPS) is 14.9. The Morgan fingerprint density at radius 2 is 1.87 bits per heavy atom. The molecule has 12 heteroatoms. The van der Waals surface area contributed by atoms with Crippen LogP contribution in [0.5, 0.6) is 5.75 Å². The summed E-state index contributed by atoms with van der Waals surface area (Å²) in [5, 5.41) is 4.27. The first kappa shape index (κ1) is 25.4. The molecule has 1 N–H and O–H groups in total. The molecule has 1 fully saturated rings. The predicted octanol–water partition coefficient (Wildman–Crippen LogP) is 3.56. The topological polar surface area (TPSA) is 65.9 Å². The van der Waals surface area contributed by atoms with Gasteiger partial charge in [0.1, 0.15) is 11.6 Å². The van der Waals surface area contributed by atoms with Gasteiger partial charge >= 0.3 is 6.18 Å². The van der Waals surface area contributed by atoms with Gasteiger partial charge in [0.15, 0.2) is 12.6 Å². The van der Waals surface area contributed by atoms with Gasteiger partial charge in [-0.2, -0.15) is 17.5 Å². The maximum Gasteiger partial charge on any atom is 0.422 e. The number of aryl methyl sites for hydroxylation is 1. The number of hydrogen-bond acceptors (Lipinski definition) is 6. The second-order valence-electron chi connectivity index (χ2n) is 6.77. The van der Waals surface area contributed by atoms with Crippen molar-refractivity contribution in [2.45, 2.75) is 26.1 Å². The van der Waals surface area contributed by atoms with E-state index in [0.717, 1.165) is 55.1 Å². The summed E-state index contributed by atoms with van der Waals surface area (Å²) in [6.45, 7) is 4.57. The first-order chi connectivity index (χ1) is 14.4. The van der Waals surface area contributed by atoms with E-state index < -0.39 is 12.8 Å². The summed E-state index contributed by atoms with van der Waals surface area (Å²) in [5.74, 6) is 1.86. The summed E-state index contributed by atoms with van der Waals surface area (Å²) < 4.78 is 45.7. The molecule has 0 radical (unpaired) electrons. The predicted molar refractivity (Wildman–Crippen MR) is 127 cm³/mol. The molecule has 1 aliphatic heterocycles. The number of piperazine rings is 1. The van der Waals surface area contributed by atoms with Crippen molar-refractivity contribution in [2.75, 3.05) is 44.7 Å². The number of benzene rings is 1. The molecule has 3 rings (SSSR count). The molecule has 0 bridgehead atoms. The van der Waals surface area contributed by atoms with Crippen LogP contribution in [0.25, 0.3) is 0 Å². The molecule has 2 aromatic rings. The van der Waals surface area contributed by atoms with Crippen molar-refractivity contribution in [3.05, 3.63) is 35.7 Å². The lowest BCUT2D eigenvalue weighted by atomic mass is 10.2. The Labute approximate surface area is 200 Å². The van der Waals surface area contributed by atoms with E-state index in [1.54, 1.807) is 19.2 Å². The third kappa shape index (κ3) is 7.66. The van der Waals surface area contributed by atoms with Gasteiger partial charge in [0.2, 0.25) is 5.13 Å². The number of hydrogen-bond donors (Lipinski definition) is 1. The van der Waals surface area contributed by atoms with E-state index in [4.69, 9.17) is 4.74 Å². The van der Waals surface area contributed by atoms with Gasteiger partial charge in [0, 0.05) is 57.7 Å². The number of alkyl halides is 3. The van der Waals surface area contributed by atoms with Crippen molar-refractivity contribution in [1.82, 2.24) is 19.6 Å². The number of nitrogens with one attached hydrogen (secondary N) is 1. The fourth-order valence-electron chi connectivity index (χ4n) is 3.01. The third-order valence-corrected chi connectivity index (χ3v) is 5.43. The lowest BCUT2D eigenvalue weighted by molar-refractivity contribution is -0.153. The van der Waals surface area contributed by atoms with Gasteiger partial charge in [-0.1, -0.05) is 19.1 Å². The van der Waals surface area contributed by atoms with Crippen LogP contribution in [0.15, 0.2) is 29.3 Å². The van der Waals surface area contributed by atoms with Crippen LogP contribution in [0.4, 0.5) is 18.3 Å². The zero-order chi connectivity index (χ0) is 21.6. The lowest BCUT2D eigenvalue weighted by Gasteiger charge is -2.36. The van der Waals surface area contributed by atoms with E-state index in [-0.39, 0.29) is 29.7 Å². The largest absolute Gasteiger partial charge is 0.484 e. The second kappa shape index (κ2) is 11.7. The summed E-state index contributed by atoms with van der Waals surface area (Å²) in [6, 6.07) is 6.56. The summed E-state index contributed by atoms with van der Waals surface area (Å²) in [7, 11) is 1.74. The average Bonchev–Trinajstić information content (AvgIpc) is 3.23. The molecular weight excluding hydrogens is 544 g/mol. The number of ether oxygens (including phenoxy) is 1. The number of aliphatic imine (C=N–C) groups is 1. The van der Waals surface area contributed by atoms with Crippen LogP contribution in [0.1, 0.15) is 18.3 Å². The molecule has 0 saturated carbocycles. The monoisotopic (exact) mass is 570 g/mol. The maximum absolute atomic E-state index is 12.2. The quantitative estimate of drug-likeness (QED) is 0.326. The third-order valence-electron chi connectivity index (χ3n) is 4.61. The van der Waals surface area contributed by atoms with E-state index >= 15 is 0 Å². The molecule has 7 nitrogen and oxygen atoms in total. The van der Waals surface area contributed by atoms with Gasteiger partial charge in [-0.15, -0.1) is 24.0 Å². The SMILES string of the molecule is CCc1nsc(N2CCN(C(=NC)NCc3ccc(OCC(F)(F)F)cc3)CC2)n1.I. The smallest absolute Gasteiger partial charge is 0.422 e. The molecular formula is C19H26F3IN6OS. The van der Waals surface area contributed by atoms with Gasteiger partial charge in [-0.3, -0.25) is 4.99 Å². The van der Waals surface area contributed by atoms with Gasteiger partial charge < -0.3 is 19.9 Å². The van der Waals surface area contributed by atoms with Crippen molar-refractivity contribution in [3.8, 4) is 5.75 Å². The van der Waals surface area contributed by atoms with E-state index in [1.807, 2.05) is 6.92 Å². The van der Waals surface area contributed by atoms with Crippen molar-refractivity contribution in [1.29, 1.82) is 0 Å². The standard InChI is InChI=1S/C19H25F3N6OS.HI/c1-3-16-25-18(30-26-16)28-10-8-27(9-11-28)17(23-2)24-12-14-4-6-15(7-5-14)29-13-19(20,21)22;/h4-7H,3,8-13H2,1-2H3,(H,23,24);1H. The summed E-state index contributed by atoms with van der Waals surface area (Å²) in [6.07, 6.45) is -3.51. The second-order valence-corrected chi connectivity index (χ2v) is 7.50. The number of anilines is 1. The summed E-state index contributed by atoms with van der Waals surface area (Å²) in [4.78, 5) is 13.3. The first-order valence-corrected chi connectivity index (χ1v) is 10.5. The Kier molecular flexibility index (Phi) is 9.59. The van der Waals surface area contributed by atoms with Crippen molar-refractivity contribution in [2.24, 2.45) is 4.99 Å². The molecule has 0 unspecified atom stereocenters. The number of aromatic nitrogens is 2. The summed E-state index contributed by atoms with van der Waals surface area (Å²) in [5.41, 5.74) is 0.926. The zero-order valence-electron chi connectivity index (χ0n) is 17.4. The lowest BCUT2D eigenvalue weighted by Crippen LogP contribution is -2.52. The Hall–Kier alpha value is -1.83. The van der Waals surface area contributed by atoms with Crippen LogP contribution in [0.3, 0.4) is 0 Å². The van der Waals surface area contributed by atoms with E-state index in [2.05, 4.69) is 29.5 Å². The molecule has 1 aromatic carbocycles. The fourth-order valence-corrected chi connectivity index (χ4v) is 3.81. The molecule has 0 aliphatic carbocycles. The Balaban J connectivity index is 0.00000341. The first-order valence-electron chi connectivity index (χ1n) is 9.69. The molecule has 0 atom stereocenters. The molecule has 2 heterocycles. The molecule has 0 spiro atoms. The van der Waals surface area contributed by atoms with Crippen LogP contribution < -0.4 is 15.0 Å². The molecule has 172 valence electrons. The van der Waals surface area contributed by atoms with E-state index in [9.17, 15) is 13.2 Å². The number of halogens is 4. The fraction of sp³-hybridized carbons (Fsp3) is 0.526. The van der Waals surface area contributed by atoms with Crippen molar-refractivity contribution in [3.63, 3.8) is 0 Å². The van der Waals surface area contributed by atoms with Gasteiger partial charge in [-0.25, -0.2) is 4.98 Å². The average molecular weight is 570 g/mol. The molecule has 31 heavy (non-hydrogen) atoms. The van der Waals surface area contributed by atoms with Gasteiger partial charge in [0.25, 0.3) is 0 Å². The van der Waals surface area contributed by atoms with Crippen LogP contribution in [0, 0.1) is 0 Å². The molecule has 1 saturated heterocycles. The van der Waals surface area contributed by atoms with Crippen LogP contribution in [-0.4, -0.2) is 66.2 Å². The minimum Gasteiger partial charge on any atom is -0.484 e. The maximum atomic E-state index is 12.2. The highest BCUT2D eigenvalue weighted by Crippen LogP contribution is 2.20. The van der Waals surface area contributed by atoms with Gasteiger partial charge in [-0.05, 0) is 17.7 Å². The number of rotatable bonds is 6. The van der Waals surface area contributed by atoms with Crippen LogP contribution >= 0.6 is 35.5 Å². The summed E-state index contributed by atoms with van der Waals surface area (Å²) >= 11 is 1.44. The molecule has 1 aliphatic rings. The number of nitrogens with zero attached hydrogens (tertiary/aromatic N) is 5. The Morgan fingerprint density at radius 3 is 2.42 bits per heavy atom.